The number of esters is 2. The van der Waals surface area contributed by atoms with E-state index < -0.39 is 11.9 Å². The molecule has 1 heterocycles. The maximum Gasteiger partial charge on any atom is 0.346 e. The minimum Gasteiger partial charge on any atom is -0.386 e. The minimum atomic E-state index is -0.620. The van der Waals surface area contributed by atoms with Gasteiger partial charge in [0.2, 0.25) is 0 Å². The molecule has 3 heteroatoms. The molecule has 1 aliphatic heterocycles. The Bertz CT molecular complexity index is 370. The van der Waals surface area contributed by atoms with Gasteiger partial charge in [-0.1, -0.05) is 24.8 Å². The van der Waals surface area contributed by atoms with Crippen LogP contribution in [0.15, 0.2) is 48.1 Å². The van der Waals surface area contributed by atoms with Crippen molar-refractivity contribution in [1.82, 2.24) is 0 Å². The van der Waals surface area contributed by atoms with Crippen LogP contribution in [0.3, 0.4) is 0 Å². The van der Waals surface area contributed by atoms with Gasteiger partial charge in [0.15, 0.2) is 0 Å². The SMILES string of the molecule is C=C/C=C1/C(=O)OC(=O)/C1=C/C=C\C. The fourth-order valence-corrected chi connectivity index (χ4v) is 1.04. The van der Waals surface area contributed by atoms with Crippen molar-refractivity contribution >= 4 is 11.9 Å². The number of hydrogen-bond acceptors (Lipinski definition) is 3. The van der Waals surface area contributed by atoms with Crippen molar-refractivity contribution in [3.8, 4) is 0 Å². The van der Waals surface area contributed by atoms with Gasteiger partial charge in [-0.15, -0.1) is 0 Å². The van der Waals surface area contributed by atoms with Crippen molar-refractivity contribution in [3.05, 3.63) is 48.1 Å². The van der Waals surface area contributed by atoms with Crippen molar-refractivity contribution in [3.63, 3.8) is 0 Å². The molecule has 0 atom stereocenters. The van der Waals surface area contributed by atoms with Crippen LogP contribution in [0.5, 0.6) is 0 Å². The molecule has 1 fully saturated rings. The lowest BCUT2D eigenvalue weighted by Crippen LogP contribution is -1.96. The molecule has 0 amide bonds. The highest BCUT2D eigenvalue weighted by atomic mass is 16.6. The second-order valence-electron chi connectivity index (χ2n) is 2.60. The predicted octanol–water partition coefficient (Wildman–Crippen LogP) is 1.68. The molecule has 0 bridgehead atoms. The average Bonchev–Trinajstić information content (AvgIpc) is 2.40. The van der Waals surface area contributed by atoms with E-state index in [1.807, 2.05) is 6.92 Å². The Morgan fingerprint density at radius 3 is 2.21 bits per heavy atom. The molecule has 1 aliphatic rings. The molecule has 0 unspecified atom stereocenters. The van der Waals surface area contributed by atoms with Crippen LogP contribution < -0.4 is 0 Å². The maximum atomic E-state index is 11.2. The molecule has 3 nitrogen and oxygen atoms in total. The Hall–Kier alpha value is -1.90. The zero-order valence-electron chi connectivity index (χ0n) is 7.82. The van der Waals surface area contributed by atoms with Crippen molar-refractivity contribution < 1.29 is 14.3 Å². The van der Waals surface area contributed by atoms with Gasteiger partial charge in [0.05, 0.1) is 11.1 Å². The largest absolute Gasteiger partial charge is 0.386 e. The summed E-state index contributed by atoms with van der Waals surface area (Å²) >= 11 is 0. The molecule has 0 aliphatic carbocycles. The summed E-state index contributed by atoms with van der Waals surface area (Å²) in [4.78, 5) is 22.3. The summed E-state index contributed by atoms with van der Waals surface area (Å²) < 4.78 is 4.44. The summed E-state index contributed by atoms with van der Waals surface area (Å²) in [5.74, 6) is -1.23. The second kappa shape index (κ2) is 4.37. The number of carbonyl (C=O) groups excluding carboxylic acids is 2. The predicted molar refractivity (Wildman–Crippen MR) is 52.3 cm³/mol. The molecule has 72 valence electrons. The van der Waals surface area contributed by atoms with Gasteiger partial charge in [-0.05, 0) is 19.1 Å². The highest BCUT2D eigenvalue weighted by Gasteiger charge is 2.32. The van der Waals surface area contributed by atoms with Crippen LogP contribution >= 0.6 is 0 Å². The van der Waals surface area contributed by atoms with Crippen LogP contribution in [-0.2, 0) is 14.3 Å². The van der Waals surface area contributed by atoms with Crippen LogP contribution in [-0.4, -0.2) is 11.9 Å². The zero-order valence-corrected chi connectivity index (χ0v) is 7.82. The van der Waals surface area contributed by atoms with Crippen LogP contribution in [0.25, 0.3) is 0 Å². The Labute approximate surface area is 82.1 Å². The Morgan fingerprint density at radius 2 is 1.71 bits per heavy atom. The molecule has 1 rings (SSSR count). The fourth-order valence-electron chi connectivity index (χ4n) is 1.04. The first kappa shape index (κ1) is 10.2. The molecule has 0 aromatic rings. The fraction of sp³-hybridized carbons (Fsp3) is 0.0909. The lowest BCUT2D eigenvalue weighted by Gasteiger charge is -1.88. The molecular weight excluding hydrogens is 180 g/mol. The van der Waals surface area contributed by atoms with E-state index in [0.717, 1.165) is 0 Å². The topological polar surface area (TPSA) is 43.4 Å². The van der Waals surface area contributed by atoms with Crippen LogP contribution in [0.1, 0.15) is 6.92 Å². The highest BCUT2D eigenvalue weighted by Crippen LogP contribution is 2.21. The van der Waals surface area contributed by atoms with E-state index in [9.17, 15) is 9.59 Å². The van der Waals surface area contributed by atoms with Crippen molar-refractivity contribution in [2.24, 2.45) is 0 Å². The first-order valence-electron chi connectivity index (χ1n) is 4.13. The van der Waals surface area contributed by atoms with Gasteiger partial charge in [-0.25, -0.2) is 9.59 Å². The van der Waals surface area contributed by atoms with Gasteiger partial charge >= 0.3 is 11.9 Å². The number of ether oxygens (including phenoxy) is 1. The van der Waals surface area contributed by atoms with Crippen LogP contribution in [0, 0.1) is 0 Å². The number of hydrogen-bond donors (Lipinski definition) is 0. The van der Waals surface area contributed by atoms with Gasteiger partial charge < -0.3 is 4.74 Å². The smallest absolute Gasteiger partial charge is 0.346 e. The third-order valence-electron chi connectivity index (χ3n) is 1.66. The monoisotopic (exact) mass is 190 g/mol. The van der Waals surface area contributed by atoms with Crippen LogP contribution in [0.2, 0.25) is 0 Å². The normalized spacial score (nSPS) is 22.4. The van der Waals surface area contributed by atoms with Crippen molar-refractivity contribution in [1.29, 1.82) is 0 Å². The van der Waals surface area contributed by atoms with E-state index in [1.54, 1.807) is 18.2 Å². The van der Waals surface area contributed by atoms with E-state index in [2.05, 4.69) is 11.3 Å². The van der Waals surface area contributed by atoms with Gasteiger partial charge in [0.25, 0.3) is 0 Å². The zero-order chi connectivity index (χ0) is 10.6. The third-order valence-corrected chi connectivity index (χ3v) is 1.66. The molecule has 0 spiro atoms. The van der Waals surface area contributed by atoms with E-state index in [0.29, 0.717) is 0 Å². The Balaban J connectivity index is 3.13. The lowest BCUT2D eigenvalue weighted by molar-refractivity contribution is -0.149. The van der Waals surface area contributed by atoms with Gasteiger partial charge in [-0.3, -0.25) is 0 Å². The standard InChI is InChI=1S/C11H10O3/c1-3-5-7-9-8(6-4-2)10(12)14-11(9)13/h3-7H,2H2,1H3/b5-3-,8-6+,9-7+. The summed E-state index contributed by atoms with van der Waals surface area (Å²) in [5, 5.41) is 0. The molecular formula is C11H10O3. The lowest BCUT2D eigenvalue weighted by atomic mass is 10.1. The summed E-state index contributed by atoms with van der Waals surface area (Å²) in [7, 11) is 0. The minimum absolute atomic E-state index is 0.253. The number of cyclic esters (lactones) is 2. The summed E-state index contributed by atoms with van der Waals surface area (Å²) in [6.45, 7) is 5.27. The van der Waals surface area contributed by atoms with E-state index >= 15 is 0 Å². The first-order valence-corrected chi connectivity index (χ1v) is 4.13. The molecule has 14 heavy (non-hydrogen) atoms. The molecule has 0 aromatic carbocycles. The van der Waals surface area contributed by atoms with E-state index in [-0.39, 0.29) is 11.1 Å². The van der Waals surface area contributed by atoms with Gasteiger partial charge in [0.1, 0.15) is 0 Å². The summed E-state index contributed by atoms with van der Waals surface area (Å²) in [6, 6.07) is 0. The quantitative estimate of drug-likeness (QED) is 0.378. The molecule has 0 aromatic heterocycles. The van der Waals surface area contributed by atoms with E-state index in [4.69, 9.17) is 0 Å². The number of carbonyl (C=O) groups is 2. The summed E-state index contributed by atoms with van der Waals surface area (Å²) in [6.07, 6.45) is 7.88. The maximum absolute atomic E-state index is 11.2. The number of allylic oxidation sites excluding steroid dienone is 5. The van der Waals surface area contributed by atoms with Crippen LogP contribution in [0.4, 0.5) is 0 Å². The van der Waals surface area contributed by atoms with E-state index in [1.165, 1.54) is 12.2 Å². The second-order valence-corrected chi connectivity index (χ2v) is 2.60. The first-order chi connectivity index (χ1) is 6.70. The average molecular weight is 190 g/mol. The van der Waals surface area contributed by atoms with Gasteiger partial charge in [0, 0.05) is 0 Å². The molecule has 0 saturated carbocycles. The Kier molecular flexibility index (Phi) is 3.18. The molecule has 0 radical (unpaired) electrons. The Morgan fingerprint density at radius 1 is 1.14 bits per heavy atom. The van der Waals surface area contributed by atoms with Crippen molar-refractivity contribution in [2.45, 2.75) is 6.92 Å². The van der Waals surface area contributed by atoms with Gasteiger partial charge in [-0.2, -0.15) is 0 Å². The van der Waals surface area contributed by atoms with Crippen molar-refractivity contribution in [2.75, 3.05) is 0 Å². The molecule has 1 saturated heterocycles. The third kappa shape index (κ3) is 1.88. The highest BCUT2D eigenvalue weighted by molar-refractivity contribution is 6.18. The molecule has 0 N–H and O–H groups in total. The number of rotatable bonds is 2. The summed E-state index contributed by atoms with van der Waals surface area (Å²) in [5.41, 5.74) is 0.524.